The van der Waals surface area contributed by atoms with Gasteiger partial charge in [0.05, 0.1) is 20.3 Å². The van der Waals surface area contributed by atoms with Gasteiger partial charge in [-0.1, -0.05) is 0 Å². The van der Waals surface area contributed by atoms with Gasteiger partial charge in [-0.2, -0.15) is 0 Å². The molecule has 0 aliphatic carbocycles. The lowest BCUT2D eigenvalue weighted by Crippen LogP contribution is -2.48. The molecule has 2 heterocycles. The fourth-order valence-corrected chi connectivity index (χ4v) is 1.56. The maximum Gasteiger partial charge on any atom is 0.363 e. The Morgan fingerprint density at radius 2 is 2.21 bits per heavy atom. The van der Waals surface area contributed by atoms with Crippen molar-refractivity contribution >= 4 is 5.97 Å². The zero-order valence-electron chi connectivity index (χ0n) is 7.71. The van der Waals surface area contributed by atoms with Crippen molar-refractivity contribution in [3.8, 4) is 0 Å². The summed E-state index contributed by atoms with van der Waals surface area (Å²) in [6.45, 7) is 0.452. The van der Waals surface area contributed by atoms with Gasteiger partial charge in [0, 0.05) is 0 Å². The second-order valence-corrected chi connectivity index (χ2v) is 3.23. The predicted molar refractivity (Wildman–Crippen MR) is 42.4 cm³/mol. The topological polar surface area (TPSA) is 74.2 Å². The zero-order valence-corrected chi connectivity index (χ0v) is 7.71. The number of ether oxygens (including phenoxy) is 4. The van der Waals surface area contributed by atoms with E-state index in [0.717, 1.165) is 0 Å². The van der Waals surface area contributed by atoms with Crippen LogP contribution in [0.25, 0.3) is 0 Å². The molecule has 0 aromatic carbocycles. The SMILES string of the molecule is COC(=O)[C@H]1OC[C@H]2OC[C@H](O)[C@H]2O1. The van der Waals surface area contributed by atoms with Gasteiger partial charge in [0.15, 0.2) is 0 Å². The van der Waals surface area contributed by atoms with Gasteiger partial charge >= 0.3 is 5.97 Å². The maximum atomic E-state index is 11.1. The number of hydrogen-bond donors (Lipinski definition) is 1. The Morgan fingerprint density at radius 3 is 2.93 bits per heavy atom. The van der Waals surface area contributed by atoms with Crippen molar-refractivity contribution < 1.29 is 28.8 Å². The maximum absolute atomic E-state index is 11.1. The molecule has 0 aromatic heterocycles. The first-order valence-corrected chi connectivity index (χ1v) is 4.37. The third-order valence-corrected chi connectivity index (χ3v) is 2.31. The first-order valence-electron chi connectivity index (χ1n) is 4.37. The molecule has 4 atom stereocenters. The van der Waals surface area contributed by atoms with Gasteiger partial charge in [-0.15, -0.1) is 0 Å². The molecule has 2 aliphatic heterocycles. The van der Waals surface area contributed by atoms with Crippen LogP contribution in [0.3, 0.4) is 0 Å². The lowest BCUT2D eigenvalue weighted by atomic mass is 10.1. The van der Waals surface area contributed by atoms with E-state index in [4.69, 9.17) is 14.2 Å². The van der Waals surface area contributed by atoms with E-state index in [9.17, 15) is 9.90 Å². The highest BCUT2D eigenvalue weighted by molar-refractivity contribution is 5.73. The number of hydrogen-bond acceptors (Lipinski definition) is 6. The number of methoxy groups -OCH3 is 1. The first-order chi connectivity index (χ1) is 6.72. The predicted octanol–water partition coefficient (Wildman–Crippen LogP) is -1.34. The van der Waals surface area contributed by atoms with E-state index in [2.05, 4.69) is 4.74 Å². The summed E-state index contributed by atoms with van der Waals surface area (Å²) >= 11 is 0. The smallest absolute Gasteiger partial charge is 0.363 e. The van der Waals surface area contributed by atoms with Crippen LogP contribution in [-0.4, -0.2) is 56.0 Å². The molecular formula is C8H12O6. The normalized spacial score (nSPS) is 41.9. The van der Waals surface area contributed by atoms with Crippen molar-refractivity contribution in [2.24, 2.45) is 0 Å². The zero-order chi connectivity index (χ0) is 10.1. The van der Waals surface area contributed by atoms with Crippen molar-refractivity contribution in [3.63, 3.8) is 0 Å². The standard InChI is InChI=1S/C8H12O6/c1-11-7(10)8-13-3-5-6(14-8)4(9)2-12-5/h4-6,8-9H,2-3H2,1H3/t4-,5+,6+,8-/m0/s1. The number of aliphatic hydroxyl groups excluding tert-OH is 1. The Kier molecular flexibility index (Phi) is 2.69. The molecule has 6 heteroatoms. The van der Waals surface area contributed by atoms with E-state index < -0.39 is 24.5 Å². The van der Waals surface area contributed by atoms with Crippen LogP contribution in [0.15, 0.2) is 0 Å². The molecule has 6 nitrogen and oxygen atoms in total. The monoisotopic (exact) mass is 204 g/mol. The minimum atomic E-state index is -1.04. The van der Waals surface area contributed by atoms with Crippen LogP contribution in [0.2, 0.25) is 0 Å². The lowest BCUT2D eigenvalue weighted by Gasteiger charge is -2.30. The van der Waals surface area contributed by atoms with Crippen molar-refractivity contribution in [3.05, 3.63) is 0 Å². The summed E-state index contributed by atoms with van der Waals surface area (Å²) in [4.78, 5) is 11.1. The molecule has 1 N–H and O–H groups in total. The fraction of sp³-hybridized carbons (Fsp3) is 0.875. The fourth-order valence-electron chi connectivity index (χ4n) is 1.56. The summed E-state index contributed by atoms with van der Waals surface area (Å²) in [6, 6.07) is 0. The Bertz CT molecular complexity index is 230. The van der Waals surface area contributed by atoms with Gasteiger partial charge < -0.3 is 24.1 Å². The molecule has 0 unspecified atom stereocenters. The van der Waals surface area contributed by atoms with Crippen LogP contribution < -0.4 is 0 Å². The van der Waals surface area contributed by atoms with Crippen LogP contribution in [-0.2, 0) is 23.7 Å². The second-order valence-electron chi connectivity index (χ2n) is 3.23. The Balaban J connectivity index is 1.98. The third-order valence-electron chi connectivity index (χ3n) is 2.31. The number of fused-ring (bicyclic) bond motifs is 1. The minimum Gasteiger partial charge on any atom is -0.465 e. The molecule has 0 spiro atoms. The molecule has 0 amide bonds. The highest BCUT2D eigenvalue weighted by atomic mass is 16.7. The summed E-state index contributed by atoms with van der Waals surface area (Å²) in [7, 11) is 1.25. The average Bonchev–Trinajstić information content (AvgIpc) is 2.59. The van der Waals surface area contributed by atoms with Crippen molar-refractivity contribution in [2.45, 2.75) is 24.6 Å². The van der Waals surface area contributed by atoms with Crippen LogP contribution in [0.4, 0.5) is 0 Å². The molecule has 2 rings (SSSR count). The van der Waals surface area contributed by atoms with Crippen LogP contribution in [0.1, 0.15) is 0 Å². The van der Waals surface area contributed by atoms with E-state index >= 15 is 0 Å². The quantitative estimate of drug-likeness (QED) is 0.533. The van der Waals surface area contributed by atoms with Gasteiger partial charge in [0.1, 0.15) is 18.3 Å². The lowest BCUT2D eigenvalue weighted by molar-refractivity contribution is -0.251. The summed E-state index contributed by atoms with van der Waals surface area (Å²) in [5.74, 6) is -0.595. The van der Waals surface area contributed by atoms with E-state index in [1.54, 1.807) is 0 Å². The average molecular weight is 204 g/mol. The van der Waals surface area contributed by atoms with Gasteiger partial charge in [-0.25, -0.2) is 4.79 Å². The molecular weight excluding hydrogens is 192 g/mol. The molecule has 0 aromatic rings. The van der Waals surface area contributed by atoms with Crippen molar-refractivity contribution in [1.82, 2.24) is 0 Å². The van der Waals surface area contributed by atoms with Crippen LogP contribution in [0.5, 0.6) is 0 Å². The van der Waals surface area contributed by atoms with Crippen LogP contribution in [0, 0.1) is 0 Å². The molecule has 14 heavy (non-hydrogen) atoms. The van der Waals surface area contributed by atoms with E-state index in [0.29, 0.717) is 0 Å². The van der Waals surface area contributed by atoms with Crippen LogP contribution >= 0.6 is 0 Å². The van der Waals surface area contributed by atoms with Crippen molar-refractivity contribution in [2.75, 3.05) is 20.3 Å². The Hall–Kier alpha value is -0.690. The van der Waals surface area contributed by atoms with Gasteiger partial charge in [0.2, 0.25) is 0 Å². The van der Waals surface area contributed by atoms with E-state index in [1.807, 2.05) is 0 Å². The summed E-state index contributed by atoms with van der Waals surface area (Å²) < 4.78 is 19.9. The number of carbonyl (C=O) groups excluding carboxylic acids is 1. The van der Waals surface area contributed by atoms with Gasteiger partial charge in [0.25, 0.3) is 6.29 Å². The molecule has 80 valence electrons. The third kappa shape index (κ3) is 1.61. The second kappa shape index (κ2) is 3.82. The first kappa shape index (κ1) is 9.85. The van der Waals surface area contributed by atoms with Gasteiger partial charge in [-0.05, 0) is 0 Å². The summed E-state index contributed by atoms with van der Waals surface area (Å²) in [5, 5.41) is 9.44. The number of esters is 1. The molecule has 0 saturated carbocycles. The molecule has 2 saturated heterocycles. The Labute approximate surface area is 80.7 Å². The van der Waals surface area contributed by atoms with Gasteiger partial charge in [-0.3, -0.25) is 0 Å². The molecule has 2 fully saturated rings. The number of rotatable bonds is 1. The van der Waals surface area contributed by atoms with E-state index in [-0.39, 0.29) is 19.3 Å². The number of carbonyl (C=O) groups is 1. The summed E-state index contributed by atoms with van der Waals surface area (Å²) in [5.41, 5.74) is 0. The highest BCUT2D eigenvalue weighted by Crippen LogP contribution is 2.24. The van der Waals surface area contributed by atoms with E-state index in [1.165, 1.54) is 7.11 Å². The number of aliphatic hydroxyl groups is 1. The summed E-state index contributed by atoms with van der Waals surface area (Å²) in [6.07, 6.45) is -2.52. The van der Waals surface area contributed by atoms with Crippen molar-refractivity contribution in [1.29, 1.82) is 0 Å². The molecule has 2 aliphatic rings. The highest BCUT2D eigenvalue weighted by Gasteiger charge is 2.44. The Morgan fingerprint density at radius 1 is 1.43 bits per heavy atom. The molecule has 0 radical (unpaired) electrons. The largest absolute Gasteiger partial charge is 0.465 e. The minimum absolute atomic E-state index is 0.215. The molecule has 0 bridgehead atoms.